The highest BCUT2D eigenvalue weighted by Crippen LogP contribution is 2.23. The second-order valence-corrected chi connectivity index (χ2v) is 9.16. The third-order valence-electron chi connectivity index (χ3n) is 5.35. The molecule has 3 rings (SSSR count). The number of aryl methyl sites for hydroxylation is 1. The predicted molar refractivity (Wildman–Crippen MR) is 114 cm³/mol. The molecule has 1 aromatic carbocycles. The van der Waals surface area contributed by atoms with Gasteiger partial charge in [-0.25, -0.2) is 13.2 Å². The highest BCUT2D eigenvalue weighted by atomic mass is 32.2. The van der Waals surface area contributed by atoms with Crippen LogP contribution >= 0.6 is 0 Å². The highest BCUT2D eigenvalue weighted by molar-refractivity contribution is 7.89. The molecule has 10 heteroatoms. The van der Waals surface area contributed by atoms with Crippen molar-refractivity contribution in [3.63, 3.8) is 0 Å². The molecule has 2 aromatic rings. The second kappa shape index (κ2) is 9.11. The predicted octanol–water partition coefficient (Wildman–Crippen LogP) is 1.96. The van der Waals surface area contributed by atoms with Crippen molar-refractivity contribution in [3.8, 4) is 5.75 Å². The maximum absolute atomic E-state index is 13.0. The molecule has 0 aliphatic carbocycles. The number of nitrogens with zero attached hydrogens (tertiary/aromatic N) is 2. The van der Waals surface area contributed by atoms with E-state index in [1.165, 1.54) is 23.5 Å². The Bertz CT molecular complexity index is 1070. The molecule has 2 heterocycles. The van der Waals surface area contributed by atoms with Crippen LogP contribution in [0.25, 0.3) is 0 Å². The first-order chi connectivity index (χ1) is 14.7. The average molecular weight is 450 g/mol. The lowest BCUT2D eigenvalue weighted by atomic mass is 10.1. The Morgan fingerprint density at radius 1 is 1.06 bits per heavy atom. The minimum atomic E-state index is -3.66. The van der Waals surface area contributed by atoms with Gasteiger partial charge < -0.3 is 19.4 Å². The molecule has 1 saturated heterocycles. The van der Waals surface area contributed by atoms with Crippen LogP contribution in [0.5, 0.6) is 5.75 Å². The zero-order valence-corrected chi connectivity index (χ0v) is 18.9. The standard InChI is InChI=1S/C21H27N3O6S/c1-5-30-21(26)18-14(2)19(22-15(18)3)20(25)23-10-12-24(13-11-23)31(27,28)17-8-6-16(29-4)7-9-17/h6-9,22H,5,10-13H2,1-4H3. The van der Waals surface area contributed by atoms with Crippen molar-refractivity contribution >= 4 is 21.9 Å². The lowest BCUT2D eigenvalue weighted by Crippen LogP contribution is -2.50. The van der Waals surface area contributed by atoms with Crippen LogP contribution in [0, 0.1) is 13.8 Å². The van der Waals surface area contributed by atoms with Gasteiger partial charge in [-0.1, -0.05) is 0 Å². The van der Waals surface area contributed by atoms with Crippen LogP contribution in [0.2, 0.25) is 0 Å². The molecule has 0 radical (unpaired) electrons. The van der Waals surface area contributed by atoms with Crippen LogP contribution in [0.1, 0.15) is 39.0 Å². The number of carbonyl (C=O) groups is 2. The third kappa shape index (κ3) is 4.45. The average Bonchev–Trinajstić information content (AvgIpc) is 3.07. The molecule has 1 aliphatic rings. The number of amides is 1. The van der Waals surface area contributed by atoms with E-state index in [1.54, 1.807) is 37.8 Å². The fraction of sp³-hybridized carbons (Fsp3) is 0.429. The van der Waals surface area contributed by atoms with Crippen LogP contribution < -0.4 is 4.74 Å². The van der Waals surface area contributed by atoms with Gasteiger partial charge in [0, 0.05) is 31.9 Å². The Morgan fingerprint density at radius 3 is 2.23 bits per heavy atom. The molecule has 0 atom stereocenters. The van der Waals surface area contributed by atoms with E-state index in [-0.39, 0.29) is 43.6 Å². The first kappa shape index (κ1) is 22.8. The number of sulfonamides is 1. The van der Waals surface area contributed by atoms with Gasteiger partial charge in [-0.2, -0.15) is 4.31 Å². The fourth-order valence-electron chi connectivity index (χ4n) is 3.66. The van der Waals surface area contributed by atoms with Gasteiger partial charge >= 0.3 is 5.97 Å². The van der Waals surface area contributed by atoms with E-state index in [4.69, 9.17) is 9.47 Å². The molecule has 0 unspecified atom stereocenters. The maximum atomic E-state index is 13.0. The quantitative estimate of drug-likeness (QED) is 0.676. The van der Waals surface area contributed by atoms with Crippen molar-refractivity contribution in [2.45, 2.75) is 25.7 Å². The van der Waals surface area contributed by atoms with Gasteiger partial charge in [-0.15, -0.1) is 0 Å². The smallest absolute Gasteiger partial charge is 0.340 e. The minimum Gasteiger partial charge on any atom is -0.497 e. The van der Waals surface area contributed by atoms with Gasteiger partial charge in [-0.05, 0) is 50.6 Å². The Kier molecular flexibility index (Phi) is 6.71. The number of H-pyrrole nitrogens is 1. The van der Waals surface area contributed by atoms with Gasteiger partial charge in [0.25, 0.3) is 5.91 Å². The van der Waals surface area contributed by atoms with Gasteiger partial charge in [0.15, 0.2) is 0 Å². The number of nitrogens with one attached hydrogen (secondary N) is 1. The van der Waals surface area contributed by atoms with Crippen LogP contribution in [0.15, 0.2) is 29.2 Å². The molecule has 1 fully saturated rings. The van der Waals surface area contributed by atoms with Gasteiger partial charge in [0.1, 0.15) is 11.4 Å². The third-order valence-corrected chi connectivity index (χ3v) is 7.27. The van der Waals surface area contributed by atoms with E-state index < -0.39 is 16.0 Å². The summed E-state index contributed by atoms with van der Waals surface area (Å²) in [6.45, 7) is 6.26. The summed E-state index contributed by atoms with van der Waals surface area (Å²) in [7, 11) is -2.14. The number of hydrogen-bond acceptors (Lipinski definition) is 6. The first-order valence-electron chi connectivity index (χ1n) is 10.0. The zero-order valence-electron chi connectivity index (χ0n) is 18.1. The summed E-state index contributed by atoms with van der Waals surface area (Å²) < 4.78 is 37.3. The molecule has 31 heavy (non-hydrogen) atoms. The van der Waals surface area contributed by atoms with Crippen molar-refractivity contribution < 1.29 is 27.5 Å². The Morgan fingerprint density at radius 2 is 1.68 bits per heavy atom. The molecule has 9 nitrogen and oxygen atoms in total. The molecule has 0 saturated carbocycles. The molecule has 1 amide bonds. The number of carbonyl (C=O) groups excluding carboxylic acids is 2. The summed E-state index contributed by atoms with van der Waals surface area (Å²) in [6.07, 6.45) is 0. The van der Waals surface area contributed by atoms with E-state index in [0.717, 1.165) is 0 Å². The summed E-state index contributed by atoms with van der Waals surface area (Å²) in [5.74, 6) is -0.158. The normalized spacial score (nSPS) is 15.0. The summed E-state index contributed by atoms with van der Waals surface area (Å²) in [5.41, 5.74) is 1.80. The van der Waals surface area contributed by atoms with E-state index in [9.17, 15) is 18.0 Å². The molecular formula is C21H27N3O6S. The SMILES string of the molecule is CCOC(=O)c1c(C)[nH]c(C(=O)N2CCN(S(=O)(=O)c3ccc(OC)cc3)CC2)c1C. The zero-order chi connectivity index (χ0) is 22.8. The topological polar surface area (TPSA) is 109 Å². The van der Waals surface area contributed by atoms with Crippen molar-refractivity contribution in [1.29, 1.82) is 0 Å². The highest BCUT2D eigenvalue weighted by Gasteiger charge is 2.32. The number of benzene rings is 1. The van der Waals surface area contributed by atoms with Crippen molar-refractivity contribution in [3.05, 3.63) is 46.8 Å². The number of ether oxygens (including phenoxy) is 2. The molecule has 1 aliphatic heterocycles. The van der Waals surface area contributed by atoms with E-state index in [0.29, 0.717) is 28.3 Å². The summed E-state index contributed by atoms with van der Waals surface area (Å²) in [5, 5.41) is 0. The Hall–Kier alpha value is -2.85. The van der Waals surface area contributed by atoms with Crippen molar-refractivity contribution in [2.75, 3.05) is 39.9 Å². The van der Waals surface area contributed by atoms with Crippen LogP contribution in [0.3, 0.4) is 0 Å². The largest absolute Gasteiger partial charge is 0.497 e. The summed E-state index contributed by atoms with van der Waals surface area (Å²) >= 11 is 0. The Balaban J connectivity index is 1.71. The van der Waals surface area contributed by atoms with E-state index >= 15 is 0 Å². The van der Waals surface area contributed by atoms with E-state index in [1.807, 2.05) is 0 Å². The lowest BCUT2D eigenvalue weighted by Gasteiger charge is -2.34. The lowest BCUT2D eigenvalue weighted by molar-refractivity contribution is 0.0525. The van der Waals surface area contributed by atoms with Crippen LogP contribution in [0.4, 0.5) is 0 Å². The number of methoxy groups -OCH3 is 1. The Labute approximate surface area is 182 Å². The van der Waals surface area contributed by atoms with Crippen molar-refractivity contribution in [1.82, 2.24) is 14.2 Å². The van der Waals surface area contributed by atoms with E-state index in [2.05, 4.69) is 4.98 Å². The number of aromatic amines is 1. The monoisotopic (exact) mass is 449 g/mol. The van der Waals surface area contributed by atoms with Crippen LogP contribution in [-0.2, 0) is 14.8 Å². The maximum Gasteiger partial charge on any atom is 0.340 e. The molecule has 1 N–H and O–H groups in total. The molecule has 168 valence electrons. The number of esters is 1. The molecule has 1 aromatic heterocycles. The second-order valence-electron chi connectivity index (χ2n) is 7.22. The molecular weight excluding hydrogens is 422 g/mol. The van der Waals surface area contributed by atoms with Crippen molar-refractivity contribution in [2.24, 2.45) is 0 Å². The van der Waals surface area contributed by atoms with Gasteiger partial charge in [0.2, 0.25) is 10.0 Å². The summed E-state index contributed by atoms with van der Waals surface area (Å²) in [6, 6.07) is 6.22. The number of piperazine rings is 1. The van der Waals surface area contributed by atoms with Gasteiger partial charge in [0.05, 0.1) is 24.2 Å². The molecule has 0 spiro atoms. The number of rotatable bonds is 6. The van der Waals surface area contributed by atoms with Crippen LogP contribution in [-0.4, -0.2) is 74.4 Å². The van der Waals surface area contributed by atoms with Gasteiger partial charge in [-0.3, -0.25) is 4.79 Å². The number of hydrogen-bond donors (Lipinski definition) is 1. The fourth-order valence-corrected chi connectivity index (χ4v) is 5.08. The molecule has 0 bridgehead atoms. The summed E-state index contributed by atoms with van der Waals surface area (Å²) in [4.78, 5) is 30.0. The first-order valence-corrected chi connectivity index (χ1v) is 11.4. The number of aromatic nitrogens is 1. The minimum absolute atomic E-state index is 0.183.